The molecule has 0 spiro atoms. The predicted octanol–water partition coefficient (Wildman–Crippen LogP) is 3.90. The number of hydrogen-bond acceptors (Lipinski definition) is 3. The third kappa shape index (κ3) is 3.59. The first-order chi connectivity index (χ1) is 11.7. The van der Waals surface area contributed by atoms with E-state index in [2.05, 4.69) is 11.4 Å². The Kier molecular flexibility index (Phi) is 4.85. The first-order valence-electron chi connectivity index (χ1n) is 8.05. The van der Waals surface area contributed by atoms with Gasteiger partial charge in [0, 0.05) is 13.0 Å². The summed E-state index contributed by atoms with van der Waals surface area (Å²) in [5, 5.41) is 5.17. The lowest BCUT2D eigenvalue weighted by Crippen LogP contribution is -2.29. The monoisotopic (exact) mass is 323 g/mol. The topological polar surface area (TPSA) is 51.5 Å². The quantitative estimate of drug-likeness (QED) is 0.748. The zero-order chi connectivity index (χ0) is 16.9. The standard InChI is InChI=1S/C20H21NO3/c1-14(20(22)21-10-9-18-4-3-11-24-18)15-5-6-17-13-19(23-2)8-7-16(17)12-15/h3-8,11-14H,9-10H2,1-2H3,(H,21,22)/t14-/m1/s1. The summed E-state index contributed by atoms with van der Waals surface area (Å²) in [6.07, 6.45) is 2.34. The second-order valence-corrected chi connectivity index (χ2v) is 5.81. The largest absolute Gasteiger partial charge is 0.497 e. The smallest absolute Gasteiger partial charge is 0.227 e. The number of nitrogens with one attached hydrogen (secondary N) is 1. The van der Waals surface area contributed by atoms with Crippen molar-refractivity contribution < 1.29 is 13.9 Å². The van der Waals surface area contributed by atoms with Crippen LogP contribution in [0.4, 0.5) is 0 Å². The van der Waals surface area contributed by atoms with E-state index >= 15 is 0 Å². The van der Waals surface area contributed by atoms with Crippen molar-refractivity contribution in [3.05, 3.63) is 66.1 Å². The van der Waals surface area contributed by atoms with Gasteiger partial charge in [-0.25, -0.2) is 0 Å². The van der Waals surface area contributed by atoms with Gasteiger partial charge in [-0.1, -0.05) is 24.3 Å². The third-order valence-corrected chi connectivity index (χ3v) is 4.22. The number of benzene rings is 2. The highest BCUT2D eigenvalue weighted by Gasteiger charge is 2.15. The van der Waals surface area contributed by atoms with Gasteiger partial charge in [-0.3, -0.25) is 4.79 Å². The molecule has 1 aromatic heterocycles. The van der Waals surface area contributed by atoms with E-state index in [9.17, 15) is 4.79 Å². The average Bonchev–Trinajstić information content (AvgIpc) is 3.13. The maximum absolute atomic E-state index is 12.3. The molecule has 0 bridgehead atoms. The zero-order valence-corrected chi connectivity index (χ0v) is 13.9. The molecule has 124 valence electrons. The number of carbonyl (C=O) groups excluding carboxylic acids is 1. The lowest BCUT2D eigenvalue weighted by Gasteiger charge is -2.13. The van der Waals surface area contributed by atoms with Gasteiger partial charge in [0.2, 0.25) is 5.91 Å². The minimum atomic E-state index is -0.201. The molecule has 3 aromatic rings. The molecule has 0 radical (unpaired) electrons. The van der Waals surface area contributed by atoms with Crippen molar-refractivity contribution >= 4 is 16.7 Å². The SMILES string of the molecule is COc1ccc2cc([C@@H](C)C(=O)NCCc3ccco3)ccc2c1. The molecule has 2 aromatic carbocycles. The molecule has 1 amide bonds. The van der Waals surface area contributed by atoms with Crippen LogP contribution in [0, 0.1) is 0 Å². The fraction of sp³-hybridized carbons (Fsp3) is 0.250. The minimum Gasteiger partial charge on any atom is -0.497 e. The first-order valence-corrected chi connectivity index (χ1v) is 8.05. The van der Waals surface area contributed by atoms with Crippen molar-refractivity contribution in [1.82, 2.24) is 5.32 Å². The van der Waals surface area contributed by atoms with Crippen LogP contribution in [0.25, 0.3) is 10.8 Å². The molecular weight excluding hydrogens is 302 g/mol. The summed E-state index contributed by atoms with van der Waals surface area (Å²) in [7, 11) is 1.66. The Morgan fingerprint density at radius 3 is 2.71 bits per heavy atom. The van der Waals surface area contributed by atoms with Gasteiger partial charge in [-0.15, -0.1) is 0 Å². The molecule has 4 heteroatoms. The van der Waals surface area contributed by atoms with Crippen molar-refractivity contribution in [1.29, 1.82) is 0 Å². The molecule has 1 atom stereocenters. The summed E-state index contributed by atoms with van der Waals surface area (Å²) in [5.74, 6) is 1.53. The molecule has 3 rings (SSSR count). The van der Waals surface area contributed by atoms with Gasteiger partial charge in [-0.2, -0.15) is 0 Å². The zero-order valence-electron chi connectivity index (χ0n) is 13.9. The highest BCUT2D eigenvalue weighted by atomic mass is 16.5. The van der Waals surface area contributed by atoms with Crippen molar-refractivity contribution in [2.24, 2.45) is 0 Å². The van der Waals surface area contributed by atoms with E-state index in [-0.39, 0.29) is 11.8 Å². The summed E-state index contributed by atoms with van der Waals surface area (Å²) < 4.78 is 10.5. The van der Waals surface area contributed by atoms with E-state index < -0.39 is 0 Å². The van der Waals surface area contributed by atoms with Crippen LogP contribution in [0.2, 0.25) is 0 Å². The molecule has 0 aliphatic carbocycles. The number of fused-ring (bicyclic) bond motifs is 1. The average molecular weight is 323 g/mol. The third-order valence-electron chi connectivity index (χ3n) is 4.22. The van der Waals surface area contributed by atoms with Gasteiger partial charge >= 0.3 is 0 Å². The summed E-state index contributed by atoms with van der Waals surface area (Å²) in [6.45, 7) is 2.49. The molecule has 4 nitrogen and oxygen atoms in total. The van der Waals surface area contributed by atoms with E-state index in [1.165, 1.54) is 0 Å². The molecule has 0 saturated carbocycles. The van der Waals surface area contributed by atoms with Crippen molar-refractivity contribution in [2.75, 3.05) is 13.7 Å². The maximum atomic E-state index is 12.3. The summed E-state index contributed by atoms with van der Waals surface area (Å²) >= 11 is 0. The van der Waals surface area contributed by atoms with Crippen molar-refractivity contribution in [3.63, 3.8) is 0 Å². The fourth-order valence-corrected chi connectivity index (χ4v) is 2.71. The molecule has 0 fully saturated rings. The van der Waals surface area contributed by atoms with Gasteiger partial charge in [0.1, 0.15) is 11.5 Å². The normalized spacial score (nSPS) is 12.1. The van der Waals surface area contributed by atoms with E-state index in [0.29, 0.717) is 13.0 Å². The van der Waals surface area contributed by atoms with Crippen LogP contribution in [0.5, 0.6) is 5.75 Å². The van der Waals surface area contributed by atoms with E-state index in [1.807, 2.05) is 49.4 Å². The molecular formula is C20H21NO3. The second kappa shape index (κ2) is 7.21. The molecule has 0 unspecified atom stereocenters. The Hall–Kier alpha value is -2.75. The Balaban J connectivity index is 1.66. The van der Waals surface area contributed by atoms with E-state index in [0.717, 1.165) is 27.8 Å². The van der Waals surface area contributed by atoms with Crippen LogP contribution in [0.3, 0.4) is 0 Å². The van der Waals surface area contributed by atoms with Gasteiger partial charge in [0.25, 0.3) is 0 Å². The van der Waals surface area contributed by atoms with Crippen LogP contribution in [-0.2, 0) is 11.2 Å². The molecule has 0 aliphatic heterocycles. The van der Waals surface area contributed by atoms with Crippen LogP contribution >= 0.6 is 0 Å². The van der Waals surface area contributed by atoms with Crippen LogP contribution in [-0.4, -0.2) is 19.6 Å². The number of furan rings is 1. The minimum absolute atomic E-state index is 0.0226. The Morgan fingerprint density at radius 2 is 1.96 bits per heavy atom. The first kappa shape index (κ1) is 16.1. The van der Waals surface area contributed by atoms with E-state index in [1.54, 1.807) is 13.4 Å². The number of carbonyl (C=O) groups is 1. The van der Waals surface area contributed by atoms with Gasteiger partial charge < -0.3 is 14.5 Å². The molecule has 24 heavy (non-hydrogen) atoms. The van der Waals surface area contributed by atoms with Crippen LogP contribution < -0.4 is 10.1 Å². The number of amides is 1. The Bertz CT molecular complexity index is 824. The van der Waals surface area contributed by atoms with Gasteiger partial charge in [0.05, 0.1) is 19.3 Å². The number of ether oxygens (including phenoxy) is 1. The number of methoxy groups -OCH3 is 1. The molecule has 1 heterocycles. The summed E-state index contributed by atoms with van der Waals surface area (Å²) in [6, 6.07) is 15.8. The maximum Gasteiger partial charge on any atom is 0.227 e. The van der Waals surface area contributed by atoms with Gasteiger partial charge in [-0.05, 0) is 47.5 Å². The van der Waals surface area contributed by atoms with Crippen LogP contribution in [0.1, 0.15) is 24.2 Å². The summed E-state index contributed by atoms with van der Waals surface area (Å²) in [5.41, 5.74) is 1.00. The van der Waals surface area contributed by atoms with Gasteiger partial charge in [0.15, 0.2) is 0 Å². The number of rotatable bonds is 6. The number of hydrogen-bond donors (Lipinski definition) is 1. The Morgan fingerprint density at radius 1 is 1.17 bits per heavy atom. The Labute approximate surface area is 141 Å². The highest BCUT2D eigenvalue weighted by molar-refractivity contribution is 5.88. The lowest BCUT2D eigenvalue weighted by atomic mass is 9.97. The second-order valence-electron chi connectivity index (χ2n) is 5.81. The van der Waals surface area contributed by atoms with Crippen molar-refractivity contribution in [3.8, 4) is 5.75 Å². The molecule has 0 aliphatic rings. The fourth-order valence-electron chi connectivity index (χ4n) is 2.71. The lowest BCUT2D eigenvalue weighted by molar-refractivity contribution is -0.122. The van der Waals surface area contributed by atoms with E-state index in [4.69, 9.17) is 9.15 Å². The summed E-state index contributed by atoms with van der Waals surface area (Å²) in [4.78, 5) is 12.3. The van der Waals surface area contributed by atoms with Crippen LogP contribution in [0.15, 0.2) is 59.2 Å². The predicted molar refractivity (Wildman–Crippen MR) is 94.3 cm³/mol. The van der Waals surface area contributed by atoms with Crippen molar-refractivity contribution in [2.45, 2.75) is 19.3 Å². The molecule has 1 N–H and O–H groups in total. The highest BCUT2D eigenvalue weighted by Crippen LogP contribution is 2.25. The molecule has 0 saturated heterocycles.